The van der Waals surface area contributed by atoms with Crippen molar-refractivity contribution in [3.63, 3.8) is 0 Å². The van der Waals surface area contributed by atoms with Crippen molar-refractivity contribution in [3.8, 4) is 17.1 Å². The predicted molar refractivity (Wildman–Crippen MR) is 273 cm³/mol. The Morgan fingerprint density at radius 2 is 0.641 bits per heavy atom. The van der Waals surface area contributed by atoms with Gasteiger partial charge in [-0.2, -0.15) is 0 Å². The molecular weight excluding hydrogens is 791 g/mol. The van der Waals surface area contributed by atoms with Crippen LogP contribution < -0.4 is 20.7 Å². The van der Waals surface area contributed by atoms with Crippen molar-refractivity contribution < 1.29 is 0 Å². The standard InChI is InChI=1S/C60H41N3Si/c1-5-22-42(23-6-1)61-52-36-19-15-32-48(52)58-54(61)38-21-39-55(58)63-53-37-20-16-33-49(53)59-56(62-50-34-17-13-30-46(50)47-31-14-18-35-51(47)62)40-41-57(60(59)63)64(43-24-7-2-8-25-43,44-26-9-3-10-27-44)45-28-11-4-12-29-45/h1-41H. The minimum Gasteiger partial charge on any atom is -0.309 e. The second-order valence-corrected chi connectivity index (χ2v) is 20.6. The fourth-order valence-electron chi connectivity index (χ4n) is 11.1. The first-order valence-electron chi connectivity index (χ1n) is 22.1. The lowest BCUT2D eigenvalue weighted by molar-refractivity contribution is 1.17. The Bertz CT molecular complexity index is 3730. The molecule has 13 aromatic rings. The molecule has 0 aliphatic heterocycles. The van der Waals surface area contributed by atoms with Crippen LogP contribution in [-0.2, 0) is 0 Å². The fraction of sp³-hybridized carbons (Fsp3) is 0. The number of para-hydroxylation sites is 5. The number of fused-ring (bicyclic) bond motifs is 9. The molecule has 3 nitrogen and oxygen atoms in total. The van der Waals surface area contributed by atoms with Crippen molar-refractivity contribution >= 4 is 94.2 Å². The second kappa shape index (κ2) is 14.5. The van der Waals surface area contributed by atoms with Gasteiger partial charge < -0.3 is 13.7 Å². The highest BCUT2D eigenvalue weighted by Gasteiger charge is 2.44. The number of hydrogen-bond acceptors (Lipinski definition) is 0. The summed E-state index contributed by atoms with van der Waals surface area (Å²) in [6.07, 6.45) is 0. The van der Waals surface area contributed by atoms with Gasteiger partial charge in [-0.3, -0.25) is 0 Å². The molecule has 0 spiro atoms. The molecule has 13 rings (SSSR count). The minimum atomic E-state index is -3.11. The molecule has 64 heavy (non-hydrogen) atoms. The summed E-state index contributed by atoms with van der Waals surface area (Å²) in [5, 5.41) is 12.8. The molecule has 0 unspecified atom stereocenters. The van der Waals surface area contributed by atoms with Gasteiger partial charge in [0.05, 0.1) is 44.5 Å². The van der Waals surface area contributed by atoms with Crippen LogP contribution in [0.25, 0.3) is 82.5 Å². The zero-order valence-electron chi connectivity index (χ0n) is 35.0. The smallest absolute Gasteiger partial charge is 0.181 e. The predicted octanol–water partition coefficient (Wildman–Crippen LogP) is 12.4. The molecule has 0 fully saturated rings. The van der Waals surface area contributed by atoms with Crippen molar-refractivity contribution in [2.24, 2.45) is 0 Å². The number of aromatic nitrogens is 3. The Kier molecular flexibility index (Phi) is 8.23. The summed E-state index contributed by atoms with van der Waals surface area (Å²) in [4.78, 5) is 0. The van der Waals surface area contributed by atoms with Gasteiger partial charge in [0.2, 0.25) is 0 Å². The molecule has 0 atom stereocenters. The molecule has 0 saturated carbocycles. The Morgan fingerprint density at radius 1 is 0.250 bits per heavy atom. The van der Waals surface area contributed by atoms with Gasteiger partial charge in [0.25, 0.3) is 0 Å². The van der Waals surface area contributed by atoms with Crippen LogP contribution in [-0.4, -0.2) is 21.8 Å². The number of benzene rings is 10. The Balaban J connectivity index is 1.29. The van der Waals surface area contributed by atoms with Gasteiger partial charge in [-0.15, -0.1) is 0 Å². The van der Waals surface area contributed by atoms with Crippen LogP contribution in [0.5, 0.6) is 0 Å². The Morgan fingerprint density at radius 3 is 1.17 bits per heavy atom. The van der Waals surface area contributed by atoms with Crippen molar-refractivity contribution in [2.45, 2.75) is 0 Å². The maximum atomic E-state index is 2.64. The van der Waals surface area contributed by atoms with E-state index >= 15 is 0 Å². The zero-order chi connectivity index (χ0) is 42.2. The van der Waals surface area contributed by atoms with Crippen LogP contribution in [0.4, 0.5) is 0 Å². The van der Waals surface area contributed by atoms with Crippen molar-refractivity contribution in [1.82, 2.24) is 13.7 Å². The van der Waals surface area contributed by atoms with E-state index in [1.807, 2.05) is 0 Å². The van der Waals surface area contributed by atoms with Gasteiger partial charge in [-0.1, -0.05) is 194 Å². The highest BCUT2D eigenvalue weighted by atomic mass is 28.3. The average molecular weight is 832 g/mol. The van der Waals surface area contributed by atoms with E-state index in [9.17, 15) is 0 Å². The summed E-state index contributed by atoms with van der Waals surface area (Å²) in [7, 11) is -3.11. The third-order valence-electron chi connectivity index (χ3n) is 13.6. The highest BCUT2D eigenvalue weighted by molar-refractivity contribution is 7.20. The first-order valence-corrected chi connectivity index (χ1v) is 24.1. The van der Waals surface area contributed by atoms with Gasteiger partial charge in [-0.25, -0.2) is 0 Å². The maximum Gasteiger partial charge on any atom is 0.181 e. The fourth-order valence-corrected chi connectivity index (χ4v) is 16.0. The monoisotopic (exact) mass is 831 g/mol. The lowest BCUT2D eigenvalue weighted by atomic mass is 10.1. The lowest BCUT2D eigenvalue weighted by Gasteiger charge is -2.35. The topological polar surface area (TPSA) is 14.8 Å². The third-order valence-corrected chi connectivity index (χ3v) is 18.4. The van der Waals surface area contributed by atoms with Crippen LogP contribution in [0.2, 0.25) is 0 Å². The molecule has 3 aromatic heterocycles. The first-order chi connectivity index (χ1) is 31.8. The molecule has 0 saturated heterocycles. The van der Waals surface area contributed by atoms with E-state index in [0.717, 1.165) is 11.4 Å². The van der Waals surface area contributed by atoms with Crippen LogP contribution >= 0.6 is 0 Å². The van der Waals surface area contributed by atoms with Crippen LogP contribution in [0.3, 0.4) is 0 Å². The van der Waals surface area contributed by atoms with Gasteiger partial charge in [0.1, 0.15) is 0 Å². The van der Waals surface area contributed by atoms with Gasteiger partial charge >= 0.3 is 0 Å². The summed E-state index contributed by atoms with van der Waals surface area (Å²) in [6.45, 7) is 0. The largest absolute Gasteiger partial charge is 0.309 e. The van der Waals surface area contributed by atoms with Crippen molar-refractivity contribution in [1.29, 1.82) is 0 Å². The molecule has 0 aliphatic rings. The van der Waals surface area contributed by atoms with E-state index in [1.165, 1.54) is 91.9 Å². The molecule has 4 heteroatoms. The number of nitrogens with zero attached hydrogens (tertiary/aromatic N) is 3. The molecule has 0 aliphatic carbocycles. The zero-order valence-corrected chi connectivity index (χ0v) is 36.0. The maximum absolute atomic E-state index is 3.11. The van der Waals surface area contributed by atoms with Crippen LogP contribution in [0, 0.1) is 0 Å². The van der Waals surface area contributed by atoms with Crippen molar-refractivity contribution in [2.75, 3.05) is 0 Å². The van der Waals surface area contributed by atoms with Crippen LogP contribution in [0.15, 0.2) is 249 Å². The molecule has 0 bridgehead atoms. The van der Waals surface area contributed by atoms with E-state index in [-0.39, 0.29) is 0 Å². The SMILES string of the molecule is c1ccc(-n2c3ccccc3c3c(-n4c5ccccc5c5c(-n6c7ccccc7c7ccccc76)ccc([Si](c6ccccc6)(c6ccccc6)c6ccccc6)c54)cccc32)cc1. The van der Waals surface area contributed by atoms with Gasteiger partial charge in [0.15, 0.2) is 8.07 Å². The van der Waals surface area contributed by atoms with Gasteiger partial charge in [0, 0.05) is 38.0 Å². The average Bonchev–Trinajstić information content (AvgIpc) is 4.02. The van der Waals surface area contributed by atoms with Crippen molar-refractivity contribution in [3.05, 3.63) is 249 Å². The summed E-state index contributed by atoms with van der Waals surface area (Å²) in [5.74, 6) is 0. The minimum absolute atomic E-state index is 1.14. The number of hydrogen-bond donors (Lipinski definition) is 0. The molecule has 0 radical (unpaired) electrons. The quantitative estimate of drug-likeness (QED) is 0.112. The Labute approximate surface area is 372 Å². The molecule has 3 heterocycles. The van der Waals surface area contributed by atoms with E-state index < -0.39 is 8.07 Å². The summed E-state index contributed by atoms with van der Waals surface area (Å²) in [5.41, 5.74) is 10.6. The molecular formula is C60H41N3Si. The van der Waals surface area contributed by atoms with E-state index in [4.69, 9.17) is 0 Å². The molecule has 0 amide bonds. The van der Waals surface area contributed by atoms with Gasteiger partial charge in [-0.05, 0) is 75.3 Å². The molecule has 0 N–H and O–H groups in total. The molecule has 10 aromatic carbocycles. The summed E-state index contributed by atoms with van der Waals surface area (Å²) in [6, 6.07) is 92.5. The van der Waals surface area contributed by atoms with Crippen LogP contribution in [0.1, 0.15) is 0 Å². The number of rotatable bonds is 7. The third kappa shape index (κ3) is 5.15. The van der Waals surface area contributed by atoms with E-state index in [1.54, 1.807) is 0 Å². The first kappa shape index (κ1) is 36.5. The summed E-state index contributed by atoms with van der Waals surface area (Å²) >= 11 is 0. The summed E-state index contributed by atoms with van der Waals surface area (Å²) < 4.78 is 7.59. The highest BCUT2D eigenvalue weighted by Crippen LogP contribution is 2.43. The lowest BCUT2D eigenvalue weighted by Crippen LogP contribution is -2.75. The normalized spacial score (nSPS) is 12.1. The van der Waals surface area contributed by atoms with E-state index in [0.29, 0.717) is 0 Å². The second-order valence-electron chi connectivity index (χ2n) is 16.8. The van der Waals surface area contributed by atoms with E-state index in [2.05, 4.69) is 262 Å². The Hall–Kier alpha value is -8.18. The molecule has 300 valence electrons.